The second-order valence-electron chi connectivity index (χ2n) is 5.21. The molecule has 2 fully saturated rings. The second kappa shape index (κ2) is 5.72. The van der Waals surface area contributed by atoms with E-state index < -0.39 is 0 Å². The zero-order valence-corrected chi connectivity index (χ0v) is 10.7. The monoisotopic (exact) mass is 247 g/mol. The van der Waals surface area contributed by atoms with Crippen LogP contribution >= 0.6 is 0 Å². The van der Waals surface area contributed by atoms with E-state index in [2.05, 4.69) is 23.5 Å². The fraction of sp³-hybridized carbons (Fsp3) is 0.600. The summed E-state index contributed by atoms with van der Waals surface area (Å²) in [7, 11) is 0. The molecule has 2 aliphatic rings. The van der Waals surface area contributed by atoms with Crippen molar-refractivity contribution in [2.75, 3.05) is 13.2 Å². The zero-order chi connectivity index (χ0) is 12.2. The van der Waals surface area contributed by atoms with Crippen LogP contribution in [0.3, 0.4) is 0 Å². The zero-order valence-electron chi connectivity index (χ0n) is 10.7. The van der Waals surface area contributed by atoms with E-state index in [0.29, 0.717) is 6.61 Å². The molecule has 3 nitrogen and oxygen atoms in total. The molecular weight excluding hydrogens is 226 g/mol. The van der Waals surface area contributed by atoms with Crippen molar-refractivity contribution in [3.05, 3.63) is 29.8 Å². The molecule has 1 aliphatic heterocycles. The first-order valence-corrected chi connectivity index (χ1v) is 6.97. The number of hydrogen-bond donors (Lipinski definition) is 1. The van der Waals surface area contributed by atoms with Gasteiger partial charge >= 0.3 is 0 Å². The van der Waals surface area contributed by atoms with Crippen molar-refractivity contribution < 1.29 is 9.47 Å². The highest BCUT2D eigenvalue weighted by Crippen LogP contribution is 2.23. The lowest BCUT2D eigenvalue weighted by Gasteiger charge is -2.14. The number of para-hydroxylation sites is 1. The maximum atomic E-state index is 5.91. The van der Waals surface area contributed by atoms with Crippen LogP contribution in [0.1, 0.15) is 31.2 Å². The van der Waals surface area contributed by atoms with Crippen molar-refractivity contribution in [1.82, 2.24) is 5.32 Å². The Morgan fingerprint density at radius 2 is 2.11 bits per heavy atom. The Bertz CT molecular complexity index is 384. The average molecular weight is 247 g/mol. The van der Waals surface area contributed by atoms with E-state index in [4.69, 9.17) is 9.47 Å². The number of ether oxygens (including phenoxy) is 2. The van der Waals surface area contributed by atoms with Gasteiger partial charge in [0.25, 0.3) is 0 Å². The molecule has 18 heavy (non-hydrogen) atoms. The molecule has 0 radical (unpaired) electrons. The Kier molecular flexibility index (Phi) is 3.81. The molecular formula is C15H21NO2. The van der Waals surface area contributed by atoms with Crippen LogP contribution in [0, 0.1) is 0 Å². The third-order valence-electron chi connectivity index (χ3n) is 3.58. The number of nitrogens with one attached hydrogen (secondary N) is 1. The molecule has 3 rings (SSSR count). The summed E-state index contributed by atoms with van der Waals surface area (Å²) < 4.78 is 11.5. The summed E-state index contributed by atoms with van der Waals surface area (Å²) in [6.07, 6.45) is 5.22. The normalized spacial score (nSPS) is 23.2. The summed E-state index contributed by atoms with van der Waals surface area (Å²) in [6, 6.07) is 9.03. The predicted octanol–water partition coefficient (Wildman–Crippen LogP) is 2.50. The third kappa shape index (κ3) is 3.24. The van der Waals surface area contributed by atoms with Crippen LogP contribution in [0.25, 0.3) is 0 Å². The molecule has 1 N–H and O–H groups in total. The Morgan fingerprint density at radius 1 is 1.22 bits per heavy atom. The van der Waals surface area contributed by atoms with Gasteiger partial charge in [-0.05, 0) is 31.7 Å². The summed E-state index contributed by atoms with van der Waals surface area (Å²) in [4.78, 5) is 0. The van der Waals surface area contributed by atoms with Gasteiger partial charge in [-0.25, -0.2) is 0 Å². The average Bonchev–Trinajstić information content (AvgIpc) is 3.09. The molecule has 0 aromatic heterocycles. The first-order valence-electron chi connectivity index (χ1n) is 6.97. The predicted molar refractivity (Wildman–Crippen MR) is 70.8 cm³/mol. The van der Waals surface area contributed by atoms with E-state index in [9.17, 15) is 0 Å². The first kappa shape index (κ1) is 12.0. The molecule has 1 aliphatic carbocycles. The van der Waals surface area contributed by atoms with Crippen LogP contribution in [0.15, 0.2) is 24.3 Å². The Labute approximate surface area is 108 Å². The first-order chi connectivity index (χ1) is 8.92. The van der Waals surface area contributed by atoms with Gasteiger partial charge in [-0.1, -0.05) is 18.2 Å². The molecule has 1 unspecified atom stereocenters. The molecule has 0 spiro atoms. The molecule has 1 saturated heterocycles. The van der Waals surface area contributed by atoms with Crippen molar-refractivity contribution in [2.45, 2.75) is 44.4 Å². The number of rotatable bonds is 6. The van der Waals surface area contributed by atoms with Crippen LogP contribution in [-0.4, -0.2) is 25.4 Å². The smallest absolute Gasteiger partial charge is 0.123 e. The molecule has 98 valence electrons. The fourth-order valence-electron chi connectivity index (χ4n) is 2.29. The molecule has 3 heteroatoms. The van der Waals surface area contributed by atoms with E-state index in [1.165, 1.54) is 24.8 Å². The summed E-state index contributed by atoms with van der Waals surface area (Å²) >= 11 is 0. The van der Waals surface area contributed by atoms with Crippen LogP contribution in [-0.2, 0) is 11.3 Å². The minimum absolute atomic E-state index is 0.287. The highest BCUT2D eigenvalue weighted by Gasteiger charge is 2.21. The summed E-state index contributed by atoms with van der Waals surface area (Å²) in [5.74, 6) is 1.00. The molecule has 0 amide bonds. The van der Waals surface area contributed by atoms with Crippen LogP contribution in [0.2, 0.25) is 0 Å². The van der Waals surface area contributed by atoms with Crippen molar-refractivity contribution in [3.8, 4) is 5.75 Å². The van der Waals surface area contributed by atoms with Gasteiger partial charge in [0.1, 0.15) is 12.4 Å². The standard InChI is InChI=1S/C15H21NO2/c1-2-6-15(18-11-14-5-3-9-17-14)12(4-1)10-16-13-7-8-13/h1-2,4,6,13-14,16H,3,5,7-11H2. The highest BCUT2D eigenvalue weighted by molar-refractivity contribution is 5.33. The number of hydrogen-bond acceptors (Lipinski definition) is 3. The van der Waals surface area contributed by atoms with Crippen LogP contribution < -0.4 is 10.1 Å². The lowest BCUT2D eigenvalue weighted by molar-refractivity contribution is 0.0676. The largest absolute Gasteiger partial charge is 0.491 e. The van der Waals surface area contributed by atoms with Crippen molar-refractivity contribution in [3.63, 3.8) is 0 Å². The van der Waals surface area contributed by atoms with Gasteiger partial charge in [-0.3, -0.25) is 0 Å². The second-order valence-corrected chi connectivity index (χ2v) is 5.21. The van der Waals surface area contributed by atoms with Gasteiger partial charge in [0.2, 0.25) is 0 Å². The third-order valence-corrected chi connectivity index (χ3v) is 3.58. The maximum absolute atomic E-state index is 5.91. The van der Waals surface area contributed by atoms with E-state index in [1.54, 1.807) is 0 Å². The minimum atomic E-state index is 0.287. The van der Waals surface area contributed by atoms with Gasteiger partial charge in [0.05, 0.1) is 6.10 Å². The highest BCUT2D eigenvalue weighted by atomic mass is 16.5. The van der Waals surface area contributed by atoms with Crippen molar-refractivity contribution in [2.24, 2.45) is 0 Å². The molecule has 1 saturated carbocycles. The maximum Gasteiger partial charge on any atom is 0.123 e. The Balaban J connectivity index is 1.55. The van der Waals surface area contributed by atoms with Crippen LogP contribution in [0.4, 0.5) is 0 Å². The molecule has 1 heterocycles. The van der Waals surface area contributed by atoms with Gasteiger partial charge in [0, 0.05) is 24.8 Å². The van der Waals surface area contributed by atoms with Crippen molar-refractivity contribution >= 4 is 0 Å². The van der Waals surface area contributed by atoms with E-state index in [1.807, 2.05) is 6.07 Å². The lowest BCUT2D eigenvalue weighted by atomic mass is 10.2. The van der Waals surface area contributed by atoms with E-state index >= 15 is 0 Å². The van der Waals surface area contributed by atoms with E-state index in [-0.39, 0.29) is 6.10 Å². The van der Waals surface area contributed by atoms with Gasteiger partial charge in [-0.2, -0.15) is 0 Å². The SMILES string of the molecule is c1ccc(OCC2CCCO2)c(CNC2CC2)c1. The summed E-state index contributed by atoms with van der Waals surface area (Å²) in [6.45, 7) is 2.48. The Hall–Kier alpha value is -1.06. The summed E-state index contributed by atoms with van der Waals surface area (Å²) in [5.41, 5.74) is 1.25. The molecule has 1 atom stereocenters. The molecule has 1 aromatic carbocycles. The minimum Gasteiger partial charge on any atom is -0.491 e. The van der Waals surface area contributed by atoms with Crippen molar-refractivity contribution in [1.29, 1.82) is 0 Å². The number of benzene rings is 1. The van der Waals surface area contributed by atoms with Gasteiger partial charge in [-0.15, -0.1) is 0 Å². The molecule has 0 bridgehead atoms. The van der Waals surface area contributed by atoms with Gasteiger partial charge < -0.3 is 14.8 Å². The Morgan fingerprint density at radius 3 is 2.89 bits per heavy atom. The quantitative estimate of drug-likeness (QED) is 0.838. The van der Waals surface area contributed by atoms with Gasteiger partial charge in [0.15, 0.2) is 0 Å². The molecule has 1 aromatic rings. The lowest BCUT2D eigenvalue weighted by Crippen LogP contribution is -2.19. The topological polar surface area (TPSA) is 30.5 Å². The summed E-state index contributed by atoms with van der Waals surface area (Å²) in [5, 5.41) is 3.53. The van der Waals surface area contributed by atoms with E-state index in [0.717, 1.165) is 31.4 Å². The fourth-order valence-corrected chi connectivity index (χ4v) is 2.29. The van der Waals surface area contributed by atoms with Crippen LogP contribution in [0.5, 0.6) is 5.75 Å².